The molecule has 1 aliphatic rings. The summed E-state index contributed by atoms with van der Waals surface area (Å²) in [4.78, 5) is 38.7. The van der Waals surface area contributed by atoms with Gasteiger partial charge in [0.25, 0.3) is 5.91 Å². The molecule has 7 heteroatoms. The lowest BCUT2D eigenvalue weighted by Crippen LogP contribution is -2.21. The van der Waals surface area contributed by atoms with Crippen LogP contribution in [0.2, 0.25) is 0 Å². The van der Waals surface area contributed by atoms with Gasteiger partial charge in [-0.2, -0.15) is 0 Å². The predicted octanol–water partition coefficient (Wildman–Crippen LogP) is 4.41. The second-order valence-electron chi connectivity index (χ2n) is 7.16. The van der Waals surface area contributed by atoms with Crippen molar-refractivity contribution in [1.82, 2.24) is 0 Å². The molecule has 1 N–H and O–H groups in total. The number of methoxy groups -OCH3 is 1. The molecule has 0 bridgehead atoms. The summed E-state index contributed by atoms with van der Waals surface area (Å²) in [6.07, 6.45) is 3.74. The van der Waals surface area contributed by atoms with Crippen LogP contribution in [0.25, 0.3) is 11.0 Å². The van der Waals surface area contributed by atoms with Crippen LogP contribution >= 0.6 is 11.3 Å². The molecule has 2 aromatic heterocycles. The highest BCUT2D eigenvalue weighted by atomic mass is 32.1. The Morgan fingerprint density at radius 3 is 2.86 bits per heavy atom. The summed E-state index contributed by atoms with van der Waals surface area (Å²) in [6.45, 7) is 2.16. The Morgan fingerprint density at radius 2 is 2.10 bits per heavy atom. The summed E-state index contributed by atoms with van der Waals surface area (Å²) in [6, 6.07) is 8.51. The summed E-state index contributed by atoms with van der Waals surface area (Å²) < 4.78 is 10.2. The number of hydrogen-bond donors (Lipinski definition) is 1. The highest BCUT2D eigenvalue weighted by molar-refractivity contribution is 7.17. The molecule has 0 saturated heterocycles. The maximum atomic E-state index is 12.9. The Balaban J connectivity index is 1.71. The Morgan fingerprint density at radius 1 is 1.31 bits per heavy atom. The lowest BCUT2D eigenvalue weighted by molar-refractivity contribution is 0.0601. The minimum absolute atomic E-state index is 0.0997. The van der Waals surface area contributed by atoms with E-state index in [1.807, 2.05) is 0 Å². The Kier molecular flexibility index (Phi) is 5.24. The van der Waals surface area contributed by atoms with E-state index < -0.39 is 17.5 Å². The van der Waals surface area contributed by atoms with Gasteiger partial charge in [0.15, 0.2) is 0 Å². The molecule has 2 heterocycles. The summed E-state index contributed by atoms with van der Waals surface area (Å²) in [5.74, 6) is -0.499. The number of anilines is 1. The maximum absolute atomic E-state index is 12.9. The van der Waals surface area contributed by atoms with Crippen molar-refractivity contribution in [2.45, 2.75) is 32.6 Å². The molecule has 1 aromatic carbocycles. The molecule has 0 aliphatic heterocycles. The summed E-state index contributed by atoms with van der Waals surface area (Å²) in [5, 5.41) is 3.84. The van der Waals surface area contributed by atoms with Gasteiger partial charge in [-0.05, 0) is 42.9 Å². The van der Waals surface area contributed by atoms with E-state index in [9.17, 15) is 14.4 Å². The highest BCUT2D eigenvalue weighted by Crippen LogP contribution is 2.40. The van der Waals surface area contributed by atoms with Gasteiger partial charge in [0.1, 0.15) is 16.1 Å². The molecule has 0 unspecified atom stereocenters. The Bertz CT molecular complexity index is 1160. The fraction of sp³-hybridized carbons (Fsp3) is 0.318. The standard InChI is InChI=1S/C22H21NO5S/c1-3-12-8-9-14-17(10-12)29-20(18(14)22(26)27-2)23-19(24)15-11-13-6-4-5-7-16(13)28-21(15)25/h4-7,11-12H,3,8-10H2,1-2H3,(H,23,24)/t12-/m0/s1. The van der Waals surface area contributed by atoms with Gasteiger partial charge in [-0.25, -0.2) is 9.59 Å². The van der Waals surface area contributed by atoms with Crippen LogP contribution in [-0.4, -0.2) is 19.0 Å². The molecule has 4 rings (SSSR count). The largest absolute Gasteiger partial charge is 0.465 e. The molecule has 1 aliphatic carbocycles. The van der Waals surface area contributed by atoms with Gasteiger partial charge in [0.05, 0.1) is 12.7 Å². The van der Waals surface area contributed by atoms with Gasteiger partial charge in [-0.15, -0.1) is 11.3 Å². The van der Waals surface area contributed by atoms with Crippen molar-refractivity contribution in [2.24, 2.45) is 5.92 Å². The molecule has 150 valence electrons. The lowest BCUT2D eigenvalue weighted by Gasteiger charge is -2.20. The molecule has 3 aromatic rings. The van der Waals surface area contributed by atoms with Gasteiger partial charge in [-0.3, -0.25) is 4.79 Å². The van der Waals surface area contributed by atoms with Gasteiger partial charge in [0, 0.05) is 10.3 Å². The second-order valence-corrected chi connectivity index (χ2v) is 8.26. The number of fused-ring (bicyclic) bond motifs is 2. The summed E-state index contributed by atoms with van der Waals surface area (Å²) in [7, 11) is 1.33. The Hall–Kier alpha value is -2.93. The van der Waals surface area contributed by atoms with Gasteiger partial charge in [-0.1, -0.05) is 31.5 Å². The van der Waals surface area contributed by atoms with Crippen molar-refractivity contribution in [3.8, 4) is 0 Å². The molecule has 0 spiro atoms. The van der Waals surface area contributed by atoms with Crippen LogP contribution < -0.4 is 10.9 Å². The number of benzene rings is 1. The van der Waals surface area contributed by atoms with Gasteiger partial charge >= 0.3 is 11.6 Å². The van der Waals surface area contributed by atoms with Crippen LogP contribution in [0.1, 0.15) is 50.9 Å². The van der Waals surface area contributed by atoms with E-state index in [-0.39, 0.29) is 5.56 Å². The first-order valence-corrected chi connectivity index (χ1v) is 10.4. The van der Waals surface area contributed by atoms with E-state index >= 15 is 0 Å². The molecular formula is C22H21NO5S. The molecule has 0 saturated carbocycles. The minimum atomic E-state index is -0.715. The van der Waals surface area contributed by atoms with E-state index in [2.05, 4.69) is 12.2 Å². The highest BCUT2D eigenvalue weighted by Gasteiger charge is 2.30. The number of ether oxygens (including phenoxy) is 1. The normalized spacial score (nSPS) is 15.7. The van der Waals surface area contributed by atoms with Crippen LogP contribution in [0.3, 0.4) is 0 Å². The first kappa shape index (κ1) is 19.4. The van der Waals surface area contributed by atoms with Crippen molar-refractivity contribution in [1.29, 1.82) is 0 Å². The monoisotopic (exact) mass is 411 g/mol. The van der Waals surface area contributed by atoms with Crippen molar-refractivity contribution in [3.63, 3.8) is 0 Å². The first-order chi connectivity index (χ1) is 14.0. The van der Waals surface area contributed by atoms with Crippen LogP contribution in [0.5, 0.6) is 0 Å². The van der Waals surface area contributed by atoms with Gasteiger partial charge < -0.3 is 14.5 Å². The third kappa shape index (κ3) is 3.58. The van der Waals surface area contributed by atoms with Crippen molar-refractivity contribution >= 4 is 39.2 Å². The van der Waals surface area contributed by atoms with Crippen molar-refractivity contribution in [3.05, 3.63) is 62.3 Å². The molecule has 1 amide bonds. The van der Waals surface area contributed by atoms with E-state index in [0.717, 1.165) is 36.1 Å². The molecule has 29 heavy (non-hydrogen) atoms. The number of rotatable bonds is 4. The molecular weight excluding hydrogens is 390 g/mol. The number of para-hydroxylation sites is 1. The maximum Gasteiger partial charge on any atom is 0.349 e. The quantitative estimate of drug-likeness (QED) is 0.508. The summed E-state index contributed by atoms with van der Waals surface area (Å²) in [5.41, 5.74) is 0.958. The number of thiophene rings is 1. The molecule has 1 atom stereocenters. The average molecular weight is 411 g/mol. The van der Waals surface area contributed by atoms with Crippen molar-refractivity contribution < 1.29 is 18.7 Å². The van der Waals surface area contributed by atoms with E-state index in [1.54, 1.807) is 24.3 Å². The Labute approximate surface area is 171 Å². The minimum Gasteiger partial charge on any atom is -0.465 e. The fourth-order valence-electron chi connectivity index (χ4n) is 3.80. The number of nitrogens with one attached hydrogen (secondary N) is 1. The number of esters is 1. The lowest BCUT2D eigenvalue weighted by atomic mass is 9.85. The molecule has 6 nitrogen and oxygen atoms in total. The van der Waals surface area contributed by atoms with Crippen LogP contribution in [-0.2, 0) is 17.6 Å². The molecule has 0 radical (unpaired) electrons. The zero-order valence-electron chi connectivity index (χ0n) is 16.2. The van der Waals surface area contributed by atoms with Crippen molar-refractivity contribution in [2.75, 3.05) is 12.4 Å². The van der Waals surface area contributed by atoms with Crippen LogP contribution in [0, 0.1) is 5.92 Å². The number of carbonyl (C=O) groups excluding carboxylic acids is 2. The SMILES string of the molecule is CC[C@H]1CCc2c(sc(NC(=O)c3cc4ccccc4oc3=O)c2C(=O)OC)C1. The average Bonchev–Trinajstić information content (AvgIpc) is 3.09. The van der Waals surface area contributed by atoms with E-state index in [4.69, 9.17) is 9.15 Å². The van der Waals surface area contributed by atoms with E-state index in [1.165, 1.54) is 24.5 Å². The molecule has 0 fully saturated rings. The topological polar surface area (TPSA) is 85.6 Å². The third-order valence-electron chi connectivity index (χ3n) is 5.45. The van der Waals surface area contributed by atoms with Crippen LogP contribution in [0.4, 0.5) is 5.00 Å². The smallest absolute Gasteiger partial charge is 0.349 e. The zero-order valence-corrected chi connectivity index (χ0v) is 17.1. The third-order valence-corrected chi connectivity index (χ3v) is 6.62. The predicted molar refractivity (Wildman–Crippen MR) is 112 cm³/mol. The number of carbonyl (C=O) groups is 2. The van der Waals surface area contributed by atoms with Gasteiger partial charge in [0.2, 0.25) is 0 Å². The summed E-state index contributed by atoms with van der Waals surface area (Å²) >= 11 is 1.39. The second kappa shape index (κ2) is 7.83. The fourth-order valence-corrected chi connectivity index (χ4v) is 5.14. The van der Waals surface area contributed by atoms with Crippen LogP contribution in [0.15, 0.2) is 39.5 Å². The zero-order chi connectivity index (χ0) is 20.5. The number of hydrogen-bond acceptors (Lipinski definition) is 6. The van der Waals surface area contributed by atoms with E-state index in [0.29, 0.717) is 27.5 Å². The number of amides is 1. The first-order valence-electron chi connectivity index (χ1n) is 9.58.